The maximum absolute atomic E-state index is 12.5. The molecule has 2 aromatic rings. The van der Waals surface area contributed by atoms with E-state index in [0.717, 1.165) is 47.9 Å². The molecule has 0 spiro atoms. The highest BCUT2D eigenvalue weighted by Gasteiger charge is 2.27. The largest absolute Gasteiger partial charge is 0.356 e. The van der Waals surface area contributed by atoms with Crippen molar-refractivity contribution in [2.24, 2.45) is 0 Å². The minimum Gasteiger partial charge on any atom is -0.356 e. The number of aromatic nitrogens is 1. The lowest BCUT2D eigenvalue weighted by Crippen LogP contribution is -2.38. The van der Waals surface area contributed by atoms with Crippen LogP contribution in [-0.2, 0) is 11.2 Å². The maximum Gasteiger partial charge on any atom is 0.263 e. The summed E-state index contributed by atoms with van der Waals surface area (Å²) >= 11 is 3.17. The zero-order valence-electron chi connectivity index (χ0n) is 13.7. The number of likely N-dealkylation sites (tertiary alicyclic amines) is 1. The van der Waals surface area contributed by atoms with E-state index in [0.29, 0.717) is 12.5 Å². The zero-order valence-corrected chi connectivity index (χ0v) is 15.3. The zero-order chi connectivity index (χ0) is 16.9. The summed E-state index contributed by atoms with van der Waals surface area (Å²) < 4.78 is 0. The van der Waals surface area contributed by atoms with Gasteiger partial charge in [-0.1, -0.05) is 6.07 Å². The van der Waals surface area contributed by atoms with Gasteiger partial charge in [-0.2, -0.15) is 0 Å². The van der Waals surface area contributed by atoms with E-state index in [2.05, 4.69) is 10.7 Å². The number of thiazole rings is 1. The molecular formula is C17H21N3O2S2. The lowest BCUT2D eigenvalue weighted by Gasteiger charge is -2.31. The number of amides is 2. The van der Waals surface area contributed by atoms with Crippen LogP contribution in [0.2, 0.25) is 0 Å². The standard InChI is InChI=1S/C17H21N3O2S2/c1-12(21)18-7-6-14-11-24-16(19-14)13-4-2-8-20(10-13)17(22)15-5-3-9-23-15/h3,5,9,11,13H,2,4,6-8,10H2,1H3,(H,18,21)/t13-/m0/s1. The Labute approximate surface area is 149 Å². The van der Waals surface area contributed by atoms with E-state index in [1.54, 1.807) is 11.3 Å². The summed E-state index contributed by atoms with van der Waals surface area (Å²) in [5.74, 6) is 0.444. The van der Waals surface area contributed by atoms with Gasteiger partial charge in [0.05, 0.1) is 15.6 Å². The van der Waals surface area contributed by atoms with E-state index < -0.39 is 0 Å². The van der Waals surface area contributed by atoms with E-state index in [1.165, 1.54) is 18.3 Å². The van der Waals surface area contributed by atoms with Gasteiger partial charge in [-0.15, -0.1) is 22.7 Å². The Bertz CT molecular complexity index is 697. The summed E-state index contributed by atoms with van der Waals surface area (Å²) in [6, 6.07) is 3.81. The van der Waals surface area contributed by atoms with Crippen LogP contribution in [0, 0.1) is 0 Å². The molecule has 2 aromatic heterocycles. The average Bonchev–Trinajstić information content (AvgIpc) is 3.26. The average molecular weight is 364 g/mol. The van der Waals surface area contributed by atoms with Crippen LogP contribution in [0.25, 0.3) is 0 Å². The second-order valence-electron chi connectivity index (χ2n) is 5.98. The summed E-state index contributed by atoms with van der Waals surface area (Å²) in [5, 5.41) is 7.91. The SMILES string of the molecule is CC(=O)NCCc1csc([C@H]2CCCN(C(=O)c3cccs3)C2)n1. The van der Waals surface area contributed by atoms with Crippen molar-refractivity contribution in [2.45, 2.75) is 32.1 Å². The second kappa shape index (κ2) is 7.90. The van der Waals surface area contributed by atoms with Gasteiger partial charge in [-0.25, -0.2) is 4.98 Å². The number of nitrogens with zero attached hydrogens (tertiary/aromatic N) is 2. The molecule has 1 aliphatic heterocycles. The molecule has 5 nitrogen and oxygen atoms in total. The lowest BCUT2D eigenvalue weighted by molar-refractivity contribution is -0.118. The first-order chi connectivity index (χ1) is 11.6. The van der Waals surface area contributed by atoms with Gasteiger partial charge < -0.3 is 10.2 Å². The fraction of sp³-hybridized carbons (Fsp3) is 0.471. The van der Waals surface area contributed by atoms with Crippen LogP contribution in [-0.4, -0.2) is 41.3 Å². The third kappa shape index (κ3) is 4.21. The number of hydrogen-bond acceptors (Lipinski definition) is 5. The molecule has 0 unspecified atom stereocenters. The van der Waals surface area contributed by atoms with E-state index in [9.17, 15) is 9.59 Å². The monoisotopic (exact) mass is 363 g/mol. The third-order valence-corrected chi connectivity index (χ3v) is 6.03. The van der Waals surface area contributed by atoms with E-state index >= 15 is 0 Å². The molecule has 7 heteroatoms. The highest BCUT2D eigenvalue weighted by molar-refractivity contribution is 7.12. The van der Waals surface area contributed by atoms with Crippen molar-refractivity contribution in [2.75, 3.05) is 19.6 Å². The number of nitrogens with one attached hydrogen (secondary N) is 1. The second-order valence-corrected chi connectivity index (χ2v) is 7.82. The van der Waals surface area contributed by atoms with Gasteiger partial charge in [0.1, 0.15) is 0 Å². The van der Waals surface area contributed by atoms with Crippen molar-refractivity contribution in [3.8, 4) is 0 Å². The molecule has 0 radical (unpaired) electrons. The van der Waals surface area contributed by atoms with Crippen molar-refractivity contribution in [3.63, 3.8) is 0 Å². The summed E-state index contributed by atoms with van der Waals surface area (Å²) in [5.41, 5.74) is 1.02. The van der Waals surface area contributed by atoms with Gasteiger partial charge >= 0.3 is 0 Å². The van der Waals surface area contributed by atoms with Gasteiger partial charge in [0.25, 0.3) is 5.91 Å². The maximum atomic E-state index is 12.5. The molecule has 1 atom stereocenters. The molecule has 128 valence electrons. The Morgan fingerprint density at radius 1 is 1.42 bits per heavy atom. The molecule has 0 bridgehead atoms. The van der Waals surface area contributed by atoms with Crippen molar-refractivity contribution < 1.29 is 9.59 Å². The fourth-order valence-electron chi connectivity index (χ4n) is 2.91. The molecule has 1 aliphatic rings. The minimum atomic E-state index is -0.0135. The highest BCUT2D eigenvalue weighted by Crippen LogP contribution is 2.30. The molecular weight excluding hydrogens is 342 g/mol. The Morgan fingerprint density at radius 3 is 3.04 bits per heavy atom. The summed E-state index contributed by atoms with van der Waals surface area (Å²) in [6.45, 7) is 3.71. The Hall–Kier alpha value is -1.73. The first-order valence-electron chi connectivity index (χ1n) is 8.15. The number of piperidine rings is 1. The molecule has 0 aliphatic carbocycles. The van der Waals surface area contributed by atoms with Gasteiger partial charge in [0, 0.05) is 44.3 Å². The van der Waals surface area contributed by atoms with Crippen molar-refractivity contribution in [1.29, 1.82) is 0 Å². The summed E-state index contributed by atoms with van der Waals surface area (Å²) in [4.78, 5) is 30.9. The summed E-state index contributed by atoms with van der Waals surface area (Å²) in [7, 11) is 0. The van der Waals surface area contributed by atoms with Gasteiger partial charge in [-0.05, 0) is 24.3 Å². The lowest BCUT2D eigenvalue weighted by atomic mass is 9.98. The number of carbonyl (C=O) groups is 2. The van der Waals surface area contributed by atoms with Crippen LogP contribution < -0.4 is 5.32 Å². The molecule has 3 heterocycles. The first kappa shape index (κ1) is 17.1. The van der Waals surface area contributed by atoms with Gasteiger partial charge in [0.15, 0.2) is 0 Å². The van der Waals surface area contributed by atoms with E-state index in [1.807, 2.05) is 22.4 Å². The van der Waals surface area contributed by atoms with Gasteiger partial charge in [-0.3, -0.25) is 9.59 Å². The number of thiophene rings is 1. The van der Waals surface area contributed by atoms with Gasteiger partial charge in [0.2, 0.25) is 5.91 Å². The highest BCUT2D eigenvalue weighted by atomic mass is 32.1. The van der Waals surface area contributed by atoms with E-state index in [-0.39, 0.29) is 11.8 Å². The number of carbonyl (C=O) groups excluding carboxylic acids is 2. The van der Waals surface area contributed by atoms with Crippen LogP contribution in [0.5, 0.6) is 0 Å². The topological polar surface area (TPSA) is 62.3 Å². The molecule has 1 fully saturated rings. The number of rotatable bonds is 5. The van der Waals surface area contributed by atoms with Crippen LogP contribution in [0.3, 0.4) is 0 Å². The van der Waals surface area contributed by atoms with Crippen LogP contribution in [0.1, 0.15) is 46.1 Å². The van der Waals surface area contributed by atoms with E-state index in [4.69, 9.17) is 4.98 Å². The molecule has 0 aromatic carbocycles. The normalized spacial score (nSPS) is 17.7. The fourth-order valence-corrected chi connectivity index (χ4v) is 4.58. The third-order valence-electron chi connectivity index (χ3n) is 4.11. The quantitative estimate of drug-likeness (QED) is 0.888. The smallest absolute Gasteiger partial charge is 0.263 e. The van der Waals surface area contributed by atoms with Crippen LogP contribution in [0.4, 0.5) is 0 Å². The molecule has 1 N–H and O–H groups in total. The molecule has 0 saturated carbocycles. The Kier molecular flexibility index (Phi) is 5.63. The minimum absolute atomic E-state index is 0.0135. The Balaban J connectivity index is 1.59. The van der Waals surface area contributed by atoms with Crippen LogP contribution >= 0.6 is 22.7 Å². The molecule has 1 saturated heterocycles. The molecule has 24 heavy (non-hydrogen) atoms. The predicted molar refractivity (Wildman–Crippen MR) is 96.7 cm³/mol. The number of hydrogen-bond donors (Lipinski definition) is 1. The molecule has 3 rings (SSSR count). The predicted octanol–water partition coefficient (Wildman–Crippen LogP) is 2.90. The van der Waals surface area contributed by atoms with Crippen molar-refractivity contribution >= 4 is 34.5 Å². The first-order valence-corrected chi connectivity index (χ1v) is 9.91. The Morgan fingerprint density at radius 2 is 2.29 bits per heavy atom. The summed E-state index contributed by atoms with van der Waals surface area (Å²) in [6.07, 6.45) is 2.84. The molecule has 2 amide bonds. The van der Waals surface area contributed by atoms with Crippen molar-refractivity contribution in [1.82, 2.24) is 15.2 Å². The van der Waals surface area contributed by atoms with Crippen molar-refractivity contribution in [3.05, 3.63) is 38.5 Å². The van der Waals surface area contributed by atoms with Crippen LogP contribution in [0.15, 0.2) is 22.9 Å².